The molecule has 0 aromatic heterocycles. The molecule has 1 unspecified atom stereocenters. The van der Waals surface area contributed by atoms with Crippen molar-refractivity contribution < 1.29 is 0 Å². The van der Waals surface area contributed by atoms with Crippen molar-refractivity contribution in [3.63, 3.8) is 0 Å². The normalized spacial score (nSPS) is 13.5. The quantitative estimate of drug-likeness (QED) is 0.434. The average molecular weight is 198 g/mol. The molecule has 0 aromatic carbocycles. The zero-order chi connectivity index (χ0) is 10.8. The molecule has 0 aliphatic rings. The molecule has 0 spiro atoms. The largest absolute Gasteiger partial charge is 0.0654 e. The first kappa shape index (κ1) is 14.0. The van der Waals surface area contributed by atoms with Crippen LogP contribution in [0, 0.1) is 11.8 Å². The van der Waals surface area contributed by atoms with Gasteiger partial charge in [-0.15, -0.1) is 0 Å². The van der Waals surface area contributed by atoms with Crippen LogP contribution in [0.15, 0.2) is 0 Å². The fourth-order valence-electron chi connectivity index (χ4n) is 1.86. The Morgan fingerprint density at radius 1 is 0.714 bits per heavy atom. The molecule has 0 saturated heterocycles. The van der Waals surface area contributed by atoms with E-state index >= 15 is 0 Å². The molecule has 0 aromatic rings. The molecule has 0 amide bonds. The van der Waals surface area contributed by atoms with Crippen LogP contribution in [0.4, 0.5) is 0 Å². The summed E-state index contributed by atoms with van der Waals surface area (Å²) in [4.78, 5) is 0. The van der Waals surface area contributed by atoms with Crippen molar-refractivity contribution in [2.24, 2.45) is 11.8 Å². The Balaban J connectivity index is 3.14. The van der Waals surface area contributed by atoms with E-state index in [1.54, 1.807) is 0 Å². The molecule has 1 atom stereocenters. The van der Waals surface area contributed by atoms with E-state index in [0.717, 1.165) is 11.8 Å². The summed E-state index contributed by atoms with van der Waals surface area (Å²) < 4.78 is 0. The van der Waals surface area contributed by atoms with Gasteiger partial charge in [-0.25, -0.2) is 0 Å². The summed E-state index contributed by atoms with van der Waals surface area (Å²) in [7, 11) is 0. The predicted octanol–water partition coefficient (Wildman–Crippen LogP) is 5.42. The van der Waals surface area contributed by atoms with Gasteiger partial charge >= 0.3 is 0 Å². The minimum atomic E-state index is 0.887. The summed E-state index contributed by atoms with van der Waals surface area (Å²) in [5.74, 6) is 1.84. The summed E-state index contributed by atoms with van der Waals surface area (Å²) in [5.41, 5.74) is 0. The number of unbranched alkanes of at least 4 members (excludes halogenated alkanes) is 4. The summed E-state index contributed by atoms with van der Waals surface area (Å²) in [6, 6.07) is 0. The van der Waals surface area contributed by atoms with E-state index in [2.05, 4.69) is 27.7 Å². The van der Waals surface area contributed by atoms with Crippen LogP contribution in [-0.2, 0) is 0 Å². The Morgan fingerprint density at radius 3 is 1.93 bits per heavy atom. The first-order valence-electron chi connectivity index (χ1n) is 6.66. The summed E-state index contributed by atoms with van der Waals surface area (Å²) in [6.45, 7) is 9.36. The van der Waals surface area contributed by atoms with E-state index in [4.69, 9.17) is 0 Å². The van der Waals surface area contributed by atoms with Crippen LogP contribution in [0.1, 0.15) is 79.1 Å². The molecule has 0 bridgehead atoms. The summed E-state index contributed by atoms with van der Waals surface area (Å²) >= 11 is 0. The lowest BCUT2D eigenvalue weighted by Gasteiger charge is -2.12. The van der Waals surface area contributed by atoms with E-state index < -0.39 is 0 Å². The van der Waals surface area contributed by atoms with Gasteiger partial charge in [0.05, 0.1) is 0 Å². The average Bonchev–Trinajstić information content (AvgIpc) is 2.14. The Morgan fingerprint density at radius 2 is 1.36 bits per heavy atom. The van der Waals surface area contributed by atoms with Crippen molar-refractivity contribution in [2.45, 2.75) is 79.1 Å². The highest BCUT2D eigenvalue weighted by atomic mass is 14.1. The SMILES string of the molecule is CCCCCCCC(C)CCC(C)C. The second-order valence-corrected chi connectivity index (χ2v) is 5.28. The molecular formula is C14H30. The van der Waals surface area contributed by atoms with E-state index in [-0.39, 0.29) is 0 Å². The summed E-state index contributed by atoms with van der Waals surface area (Å²) in [6.07, 6.45) is 11.5. The topological polar surface area (TPSA) is 0 Å². The van der Waals surface area contributed by atoms with Crippen molar-refractivity contribution in [2.75, 3.05) is 0 Å². The Hall–Kier alpha value is 0. The lowest BCUT2D eigenvalue weighted by Crippen LogP contribution is -1.97. The van der Waals surface area contributed by atoms with E-state index in [1.165, 1.54) is 51.4 Å². The van der Waals surface area contributed by atoms with Gasteiger partial charge in [0.1, 0.15) is 0 Å². The molecule has 0 saturated carbocycles. The standard InChI is InChI=1S/C14H30/c1-5-6-7-8-9-10-14(4)12-11-13(2)3/h13-14H,5-12H2,1-4H3. The van der Waals surface area contributed by atoms with Crippen molar-refractivity contribution >= 4 is 0 Å². The molecule has 0 rings (SSSR count). The van der Waals surface area contributed by atoms with Crippen molar-refractivity contribution in [1.82, 2.24) is 0 Å². The molecule has 0 radical (unpaired) electrons. The zero-order valence-electron chi connectivity index (χ0n) is 10.8. The number of hydrogen-bond acceptors (Lipinski definition) is 0. The highest BCUT2D eigenvalue weighted by molar-refractivity contribution is 4.56. The molecule has 0 aliphatic heterocycles. The van der Waals surface area contributed by atoms with Gasteiger partial charge in [-0.2, -0.15) is 0 Å². The molecule has 0 aliphatic carbocycles. The van der Waals surface area contributed by atoms with Crippen LogP contribution in [0.5, 0.6) is 0 Å². The molecule has 0 fully saturated rings. The molecule has 86 valence electrons. The first-order chi connectivity index (χ1) is 6.66. The monoisotopic (exact) mass is 198 g/mol. The van der Waals surface area contributed by atoms with Gasteiger partial charge in [0.15, 0.2) is 0 Å². The Kier molecular flexibility index (Phi) is 9.55. The van der Waals surface area contributed by atoms with Gasteiger partial charge in [-0.3, -0.25) is 0 Å². The maximum Gasteiger partial charge on any atom is -0.0443 e. The minimum absolute atomic E-state index is 0.887. The minimum Gasteiger partial charge on any atom is -0.0654 e. The van der Waals surface area contributed by atoms with Gasteiger partial charge in [0.25, 0.3) is 0 Å². The fraction of sp³-hybridized carbons (Fsp3) is 1.00. The van der Waals surface area contributed by atoms with Crippen LogP contribution < -0.4 is 0 Å². The number of hydrogen-bond donors (Lipinski definition) is 0. The first-order valence-corrected chi connectivity index (χ1v) is 6.66. The molecular weight excluding hydrogens is 168 g/mol. The van der Waals surface area contributed by atoms with Crippen LogP contribution in [0.3, 0.4) is 0 Å². The summed E-state index contributed by atoms with van der Waals surface area (Å²) in [5, 5.41) is 0. The second kappa shape index (κ2) is 9.55. The van der Waals surface area contributed by atoms with Gasteiger partial charge in [0.2, 0.25) is 0 Å². The second-order valence-electron chi connectivity index (χ2n) is 5.28. The van der Waals surface area contributed by atoms with Crippen LogP contribution in [0.2, 0.25) is 0 Å². The zero-order valence-corrected chi connectivity index (χ0v) is 10.8. The van der Waals surface area contributed by atoms with Crippen molar-refractivity contribution in [1.29, 1.82) is 0 Å². The van der Waals surface area contributed by atoms with Gasteiger partial charge in [0, 0.05) is 0 Å². The fourth-order valence-corrected chi connectivity index (χ4v) is 1.86. The van der Waals surface area contributed by atoms with E-state index in [9.17, 15) is 0 Å². The Bertz CT molecular complexity index is 105. The third-order valence-corrected chi connectivity index (χ3v) is 3.04. The van der Waals surface area contributed by atoms with Crippen LogP contribution >= 0.6 is 0 Å². The highest BCUT2D eigenvalue weighted by Gasteiger charge is 2.03. The molecule has 0 heterocycles. The predicted molar refractivity (Wildman–Crippen MR) is 66.6 cm³/mol. The van der Waals surface area contributed by atoms with Crippen molar-refractivity contribution in [3.8, 4) is 0 Å². The van der Waals surface area contributed by atoms with E-state index in [1.807, 2.05) is 0 Å². The molecule has 14 heavy (non-hydrogen) atoms. The number of rotatable bonds is 9. The lowest BCUT2D eigenvalue weighted by molar-refractivity contribution is 0.411. The lowest BCUT2D eigenvalue weighted by atomic mass is 9.94. The van der Waals surface area contributed by atoms with E-state index in [0.29, 0.717) is 0 Å². The van der Waals surface area contributed by atoms with Gasteiger partial charge in [-0.1, -0.05) is 79.1 Å². The molecule has 0 heteroatoms. The maximum absolute atomic E-state index is 2.42. The molecule has 0 N–H and O–H groups in total. The smallest absolute Gasteiger partial charge is 0.0443 e. The highest BCUT2D eigenvalue weighted by Crippen LogP contribution is 2.18. The Labute approximate surface area is 91.5 Å². The van der Waals surface area contributed by atoms with Gasteiger partial charge < -0.3 is 0 Å². The van der Waals surface area contributed by atoms with Crippen LogP contribution in [-0.4, -0.2) is 0 Å². The maximum atomic E-state index is 2.42. The van der Waals surface area contributed by atoms with Gasteiger partial charge in [-0.05, 0) is 11.8 Å². The van der Waals surface area contributed by atoms with Crippen molar-refractivity contribution in [3.05, 3.63) is 0 Å². The third-order valence-electron chi connectivity index (χ3n) is 3.04. The van der Waals surface area contributed by atoms with Crippen LogP contribution in [0.25, 0.3) is 0 Å². The molecule has 0 nitrogen and oxygen atoms in total. The third kappa shape index (κ3) is 10.1.